The molecule has 2 aromatic rings. The molecule has 0 aliphatic carbocycles. The third-order valence-electron chi connectivity index (χ3n) is 3.68. The van der Waals surface area contributed by atoms with Gasteiger partial charge in [-0.3, -0.25) is 4.79 Å². The van der Waals surface area contributed by atoms with E-state index in [0.29, 0.717) is 5.56 Å². The number of hydrogen-bond donors (Lipinski definition) is 2. The van der Waals surface area contributed by atoms with Crippen LogP contribution in [0.4, 0.5) is 4.39 Å². The van der Waals surface area contributed by atoms with E-state index >= 15 is 0 Å². The first-order valence-electron chi connectivity index (χ1n) is 7.86. The highest BCUT2D eigenvalue weighted by atomic mass is 32.2. The molecule has 0 spiro atoms. The molecule has 0 fully saturated rings. The summed E-state index contributed by atoms with van der Waals surface area (Å²) in [5.41, 5.74) is 2.27. The number of sulfonamides is 1. The zero-order chi connectivity index (χ0) is 18.4. The molecule has 25 heavy (non-hydrogen) atoms. The van der Waals surface area contributed by atoms with Gasteiger partial charge < -0.3 is 5.32 Å². The summed E-state index contributed by atoms with van der Waals surface area (Å²) in [4.78, 5) is 12.0. The Hall–Kier alpha value is -2.25. The van der Waals surface area contributed by atoms with E-state index in [9.17, 15) is 17.6 Å². The summed E-state index contributed by atoms with van der Waals surface area (Å²) in [5, 5.41) is 2.67. The van der Waals surface area contributed by atoms with Gasteiger partial charge in [-0.15, -0.1) is 0 Å². The maximum Gasteiger partial charge on any atom is 0.240 e. The monoisotopic (exact) mass is 364 g/mol. The van der Waals surface area contributed by atoms with E-state index in [1.807, 2.05) is 13.0 Å². The molecule has 0 saturated heterocycles. The maximum atomic E-state index is 12.8. The Balaban J connectivity index is 1.83. The lowest BCUT2D eigenvalue weighted by Gasteiger charge is -2.10. The minimum Gasteiger partial charge on any atom is -0.352 e. The highest BCUT2D eigenvalue weighted by Gasteiger charge is 2.16. The van der Waals surface area contributed by atoms with Crippen molar-refractivity contribution in [2.75, 3.05) is 6.54 Å². The predicted octanol–water partition coefficient (Wildman–Crippen LogP) is 2.43. The van der Waals surface area contributed by atoms with Gasteiger partial charge in [0.05, 0.1) is 4.90 Å². The number of carbonyl (C=O) groups is 1. The molecule has 1 amide bonds. The van der Waals surface area contributed by atoms with Gasteiger partial charge in [0.2, 0.25) is 15.9 Å². The SMILES string of the molecule is Cc1ccc(C)c(S(=O)(=O)NCCC(=O)NCc2ccc(F)cc2)c1. The molecule has 0 heterocycles. The van der Waals surface area contributed by atoms with E-state index < -0.39 is 10.0 Å². The molecule has 0 atom stereocenters. The minimum absolute atomic E-state index is 0.00493. The summed E-state index contributed by atoms with van der Waals surface area (Å²) in [7, 11) is -3.65. The van der Waals surface area contributed by atoms with Crippen molar-refractivity contribution in [1.29, 1.82) is 0 Å². The summed E-state index contributed by atoms with van der Waals surface area (Å²) in [6, 6.07) is 11.0. The minimum atomic E-state index is -3.65. The molecule has 0 aliphatic heterocycles. The zero-order valence-electron chi connectivity index (χ0n) is 14.2. The van der Waals surface area contributed by atoms with Gasteiger partial charge in [-0.05, 0) is 48.7 Å². The molecule has 0 aliphatic rings. The van der Waals surface area contributed by atoms with Crippen LogP contribution in [0.3, 0.4) is 0 Å². The molecule has 0 bridgehead atoms. The normalized spacial score (nSPS) is 11.3. The van der Waals surface area contributed by atoms with Crippen LogP contribution in [0.15, 0.2) is 47.4 Å². The molecule has 0 saturated carbocycles. The Morgan fingerprint density at radius 1 is 1.08 bits per heavy atom. The third-order valence-corrected chi connectivity index (χ3v) is 5.28. The number of hydrogen-bond acceptors (Lipinski definition) is 3. The van der Waals surface area contributed by atoms with Gasteiger partial charge in [0.1, 0.15) is 5.82 Å². The molecule has 2 N–H and O–H groups in total. The maximum absolute atomic E-state index is 12.8. The molecule has 2 aromatic carbocycles. The van der Waals surface area contributed by atoms with Crippen molar-refractivity contribution in [3.63, 3.8) is 0 Å². The predicted molar refractivity (Wildman–Crippen MR) is 94.0 cm³/mol. The van der Waals surface area contributed by atoms with Gasteiger partial charge >= 0.3 is 0 Å². The largest absolute Gasteiger partial charge is 0.352 e. The van der Waals surface area contributed by atoms with Gasteiger partial charge in [0, 0.05) is 19.5 Å². The van der Waals surface area contributed by atoms with Crippen LogP contribution in [0.2, 0.25) is 0 Å². The Bertz CT molecular complexity index is 849. The van der Waals surface area contributed by atoms with Crippen molar-refractivity contribution in [2.24, 2.45) is 0 Å². The van der Waals surface area contributed by atoms with Gasteiger partial charge in [-0.25, -0.2) is 17.5 Å². The van der Waals surface area contributed by atoms with Crippen LogP contribution < -0.4 is 10.0 Å². The fourth-order valence-corrected chi connectivity index (χ4v) is 3.62. The summed E-state index contributed by atoms with van der Waals surface area (Å²) in [6.07, 6.45) is 0.0191. The number of amides is 1. The lowest BCUT2D eigenvalue weighted by molar-refractivity contribution is -0.121. The Morgan fingerprint density at radius 2 is 1.76 bits per heavy atom. The summed E-state index contributed by atoms with van der Waals surface area (Å²) in [6.45, 7) is 3.82. The highest BCUT2D eigenvalue weighted by Crippen LogP contribution is 2.16. The van der Waals surface area contributed by atoms with Crippen molar-refractivity contribution in [3.05, 3.63) is 65.0 Å². The second-order valence-electron chi connectivity index (χ2n) is 5.82. The van der Waals surface area contributed by atoms with Crippen molar-refractivity contribution in [1.82, 2.24) is 10.0 Å². The van der Waals surface area contributed by atoms with E-state index in [-0.39, 0.29) is 36.1 Å². The lowest BCUT2D eigenvalue weighted by Crippen LogP contribution is -2.31. The second kappa shape index (κ2) is 8.22. The van der Waals surface area contributed by atoms with Gasteiger partial charge in [-0.1, -0.05) is 24.3 Å². The molecule has 0 aromatic heterocycles. The topological polar surface area (TPSA) is 75.3 Å². The fraction of sp³-hybridized carbons (Fsp3) is 0.278. The smallest absolute Gasteiger partial charge is 0.240 e. The lowest BCUT2D eigenvalue weighted by atomic mass is 10.2. The van der Waals surface area contributed by atoms with E-state index in [1.54, 1.807) is 31.2 Å². The van der Waals surface area contributed by atoms with E-state index in [2.05, 4.69) is 10.0 Å². The van der Waals surface area contributed by atoms with Crippen LogP contribution in [0.5, 0.6) is 0 Å². The van der Waals surface area contributed by atoms with Crippen molar-refractivity contribution >= 4 is 15.9 Å². The van der Waals surface area contributed by atoms with Crippen LogP contribution in [0, 0.1) is 19.7 Å². The third kappa shape index (κ3) is 5.65. The summed E-state index contributed by atoms with van der Waals surface area (Å²) < 4.78 is 39.9. The summed E-state index contributed by atoms with van der Waals surface area (Å²) in [5.74, 6) is -0.621. The van der Waals surface area contributed by atoms with Crippen LogP contribution in [-0.2, 0) is 21.4 Å². The van der Waals surface area contributed by atoms with E-state index in [4.69, 9.17) is 0 Å². The molecule has 134 valence electrons. The Labute approximate surface area is 147 Å². The highest BCUT2D eigenvalue weighted by molar-refractivity contribution is 7.89. The zero-order valence-corrected chi connectivity index (χ0v) is 15.0. The van der Waals surface area contributed by atoms with Gasteiger partial charge in [-0.2, -0.15) is 0 Å². The van der Waals surface area contributed by atoms with E-state index in [0.717, 1.165) is 11.1 Å². The molecular formula is C18H21FN2O3S. The first-order chi connectivity index (χ1) is 11.8. The second-order valence-corrected chi connectivity index (χ2v) is 7.56. The average molecular weight is 364 g/mol. The van der Waals surface area contributed by atoms with Crippen LogP contribution in [0.25, 0.3) is 0 Å². The molecule has 5 nitrogen and oxygen atoms in total. The molecular weight excluding hydrogens is 343 g/mol. The van der Waals surface area contributed by atoms with E-state index in [1.165, 1.54) is 12.1 Å². The molecule has 0 radical (unpaired) electrons. The van der Waals surface area contributed by atoms with Crippen LogP contribution in [-0.4, -0.2) is 20.9 Å². The van der Waals surface area contributed by atoms with Crippen LogP contribution in [0.1, 0.15) is 23.1 Å². The van der Waals surface area contributed by atoms with Gasteiger partial charge in [0.25, 0.3) is 0 Å². The molecule has 0 unspecified atom stereocenters. The Morgan fingerprint density at radius 3 is 2.44 bits per heavy atom. The van der Waals surface area contributed by atoms with Gasteiger partial charge in [0.15, 0.2) is 0 Å². The molecule has 2 rings (SSSR count). The number of carbonyl (C=O) groups excluding carboxylic acids is 1. The van der Waals surface area contributed by atoms with Crippen molar-refractivity contribution in [2.45, 2.75) is 31.7 Å². The number of rotatable bonds is 7. The number of aryl methyl sites for hydroxylation is 2. The van der Waals surface area contributed by atoms with Crippen molar-refractivity contribution < 1.29 is 17.6 Å². The number of nitrogens with one attached hydrogen (secondary N) is 2. The standard InChI is InChI=1S/C18H21FN2O3S/c1-13-3-4-14(2)17(11-13)25(23,24)21-10-9-18(22)20-12-15-5-7-16(19)8-6-15/h3-8,11,21H,9-10,12H2,1-2H3,(H,20,22). The van der Waals surface area contributed by atoms with Crippen molar-refractivity contribution in [3.8, 4) is 0 Å². The average Bonchev–Trinajstić information content (AvgIpc) is 2.56. The Kier molecular flexibility index (Phi) is 6.27. The number of benzene rings is 2. The number of halogens is 1. The first kappa shape index (κ1) is 19.1. The van der Waals surface area contributed by atoms with Crippen LogP contribution >= 0.6 is 0 Å². The fourth-order valence-electron chi connectivity index (χ4n) is 2.26. The first-order valence-corrected chi connectivity index (χ1v) is 9.34. The molecule has 7 heteroatoms. The summed E-state index contributed by atoms with van der Waals surface area (Å²) >= 11 is 0. The quantitative estimate of drug-likeness (QED) is 0.792.